The van der Waals surface area contributed by atoms with Crippen molar-refractivity contribution >= 4 is 17.5 Å². The Morgan fingerprint density at radius 2 is 1.85 bits per heavy atom. The van der Waals surface area contributed by atoms with Gasteiger partial charge >= 0.3 is 0 Å². The van der Waals surface area contributed by atoms with Crippen molar-refractivity contribution in [2.24, 2.45) is 5.92 Å². The molecule has 0 aliphatic heterocycles. The van der Waals surface area contributed by atoms with E-state index < -0.39 is 0 Å². The Hall–Kier alpha value is -2.82. The highest BCUT2D eigenvalue weighted by Gasteiger charge is 2.16. The van der Waals surface area contributed by atoms with Crippen molar-refractivity contribution in [3.63, 3.8) is 0 Å². The third-order valence-corrected chi connectivity index (χ3v) is 4.06. The summed E-state index contributed by atoms with van der Waals surface area (Å²) in [5.41, 5.74) is 2.35. The molecule has 0 saturated heterocycles. The van der Waals surface area contributed by atoms with E-state index in [0.717, 1.165) is 17.7 Å². The maximum atomic E-state index is 12.6. The van der Waals surface area contributed by atoms with Gasteiger partial charge in [-0.2, -0.15) is 0 Å². The lowest BCUT2D eigenvalue weighted by Gasteiger charge is -2.18. The van der Waals surface area contributed by atoms with Gasteiger partial charge in [0.1, 0.15) is 5.75 Å². The van der Waals surface area contributed by atoms with Gasteiger partial charge in [-0.1, -0.05) is 45.0 Å². The first-order valence-electron chi connectivity index (χ1n) is 9.26. The summed E-state index contributed by atoms with van der Waals surface area (Å²) in [5.74, 6) is 0.619. The monoisotopic (exact) mass is 368 g/mol. The minimum atomic E-state index is -0.223. The first-order chi connectivity index (χ1) is 12.9. The van der Waals surface area contributed by atoms with Crippen LogP contribution in [0, 0.1) is 5.92 Å². The van der Waals surface area contributed by atoms with Crippen LogP contribution >= 0.6 is 0 Å². The summed E-state index contributed by atoms with van der Waals surface area (Å²) in [5, 5.41) is 2.89. The van der Waals surface area contributed by atoms with Crippen molar-refractivity contribution < 1.29 is 14.3 Å². The van der Waals surface area contributed by atoms with Crippen LogP contribution in [0.4, 0.5) is 5.69 Å². The van der Waals surface area contributed by atoms with Crippen molar-refractivity contribution in [2.75, 3.05) is 25.5 Å². The van der Waals surface area contributed by atoms with E-state index >= 15 is 0 Å². The van der Waals surface area contributed by atoms with Crippen molar-refractivity contribution in [3.8, 4) is 5.75 Å². The number of hydrogen-bond acceptors (Lipinski definition) is 3. The van der Waals surface area contributed by atoms with Gasteiger partial charge in [0.2, 0.25) is 5.91 Å². The van der Waals surface area contributed by atoms with Crippen LogP contribution in [0.1, 0.15) is 36.7 Å². The summed E-state index contributed by atoms with van der Waals surface area (Å²) in [7, 11) is 1.62. The van der Waals surface area contributed by atoms with Crippen LogP contribution in [-0.4, -0.2) is 36.9 Å². The zero-order valence-corrected chi connectivity index (χ0v) is 16.5. The van der Waals surface area contributed by atoms with Gasteiger partial charge in [0.25, 0.3) is 5.91 Å². The number of nitrogens with one attached hydrogen (secondary N) is 1. The number of nitrogens with zero attached hydrogens (tertiary/aromatic N) is 1. The molecule has 2 rings (SSSR count). The van der Waals surface area contributed by atoms with E-state index in [0.29, 0.717) is 23.8 Å². The number of carbonyl (C=O) groups excluding carboxylic acids is 2. The standard InChI is InChI=1S/C22H28N2O3/c1-5-17-9-6-7-12-20(17)23-21(25)14-24(4)22(26)18-10-8-11-19(13-18)27-15-16(2)3/h6-13,16H,5,14-15H2,1-4H3,(H,23,25). The fraction of sp³-hybridized carbons (Fsp3) is 0.364. The van der Waals surface area contributed by atoms with E-state index in [9.17, 15) is 9.59 Å². The number of benzene rings is 2. The number of hydrogen-bond donors (Lipinski definition) is 1. The van der Waals surface area contributed by atoms with E-state index in [-0.39, 0.29) is 18.4 Å². The van der Waals surface area contributed by atoms with Crippen LogP contribution in [0.2, 0.25) is 0 Å². The molecule has 1 N–H and O–H groups in total. The van der Waals surface area contributed by atoms with Gasteiger partial charge in [0, 0.05) is 18.3 Å². The van der Waals surface area contributed by atoms with Crippen LogP contribution in [0.3, 0.4) is 0 Å². The van der Waals surface area contributed by atoms with Gasteiger partial charge in [0.05, 0.1) is 13.2 Å². The van der Waals surface area contributed by atoms with Crippen molar-refractivity contribution in [1.82, 2.24) is 4.90 Å². The Morgan fingerprint density at radius 3 is 2.56 bits per heavy atom. The zero-order valence-electron chi connectivity index (χ0n) is 16.5. The molecular formula is C22H28N2O3. The Labute approximate surface area is 161 Å². The minimum Gasteiger partial charge on any atom is -0.493 e. The number of carbonyl (C=O) groups is 2. The highest BCUT2D eigenvalue weighted by Crippen LogP contribution is 2.17. The van der Waals surface area contributed by atoms with Gasteiger partial charge in [-0.15, -0.1) is 0 Å². The molecule has 0 spiro atoms. The van der Waals surface area contributed by atoms with Gasteiger partial charge in [-0.05, 0) is 42.2 Å². The van der Waals surface area contributed by atoms with Gasteiger partial charge in [-0.3, -0.25) is 9.59 Å². The van der Waals surface area contributed by atoms with Crippen molar-refractivity contribution in [2.45, 2.75) is 27.2 Å². The summed E-state index contributed by atoms with van der Waals surface area (Å²) in [6, 6.07) is 14.7. The molecule has 0 aliphatic rings. The molecule has 27 heavy (non-hydrogen) atoms. The topological polar surface area (TPSA) is 58.6 Å². The second kappa shape index (κ2) is 9.76. The van der Waals surface area contributed by atoms with E-state index in [2.05, 4.69) is 19.2 Å². The molecule has 0 unspecified atom stereocenters. The first kappa shape index (κ1) is 20.5. The van der Waals surface area contributed by atoms with Gasteiger partial charge in [-0.25, -0.2) is 0 Å². The highest BCUT2D eigenvalue weighted by molar-refractivity contribution is 5.99. The van der Waals surface area contributed by atoms with Crippen LogP contribution in [0.25, 0.3) is 0 Å². The Balaban J connectivity index is 1.98. The third kappa shape index (κ3) is 6.13. The van der Waals surface area contributed by atoms with E-state index in [1.807, 2.05) is 37.3 Å². The van der Waals surface area contributed by atoms with Crippen molar-refractivity contribution in [3.05, 3.63) is 59.7 Å². The van der Waals surface area contributed by atoms with E-state index in [1.54, 1.807) is 25.2 Å². The molecule has 5 heteroatoms. The molecule has 0 bridgehead atoms. The fourth-order valence-corrected chi connectivity index (χ4v) is 2.63. The Morgan fingerprint density at radius 1 is 1.11 bits per heavy atom. The lowest BCUT2D eigenvalue weighted by atomic mass is 10.1. The molecule has 2 aromatic carbocycles. The lowest BCUT2D eigenvalue weighted by Crippen LogP contribution is -2.35. The molecular weight excluding hydrogens is 340 g/mol. The second-order valence-electron chi connectivity index (χ2n) is 6.95. The number of amides is 2. The molecule has 0 radical (unpaired) electrons. The van der Waals surface area contributed by atoms with E-state index in [1.165, 1.54) is 4.90 Å². The van der Waals surface area contributed by atoms with Gasteiger partial charge < -0.3 is 15.0 Å². The van der Waals surface area contributed by atoms with Crippen molar-refractivity contribution in [1.29, 1.82) is 0 Å². The van der Waals surface area contributed by atoms with Gasteiger partial charge in [0.15, 0.2) is 0 Å². The first-order valence-corrected chi connectivity index (χ1v) is 9.26. The summed E-state index contributed by atoms with van der Waals surface area (Å²) in [6.07, 6.45) is 0.828. The summed E-state index contributed by atoms with van der Waals surface area (Å²) in [6.45, 7) is 6.74. The van der Waals surface area contributed by atoms with Crippen LogP contribution in [0.5, 0.6) is 5.75 Å². The number of anilines is 1. The predicted octanol–water partition coefficient (Wildman–Crippen LogP) is 3.99. The third-order valence-electron chi connectivity index (χ3n) is 4.06. The normalized spacial score (nSPS) is 10.6. The number of para-hydroxylation sites is 1. The average molecular weight is 368 g/mol. The minimum absolute atomic E-state index is 0.0199. The number of likely N-dealkylation sites (N-methyl/N-ethyl adjacent to an activating group) is 1. The molecule has 2 aromatic rings. The molecule has 2 amide bonds. The smallest absolute Gasteiger partial charge is 0.254 e. The maximum Gasteiger partial charge on any atom is 0.254 e. The Kier molecular flexibility index (Phi) is 7.41. The highest BCUT2D eigenvalue weighted by atomic mass is 16.5. The molecule has 5 nitrogen and oxygen atoms in total. The summed E-state index contributed by atoms with van der Waals surface area (Å²) < 4.78 is 5.67. The van der Waals surface area contributed by atoms with Crippen LogP contribution in [0.15, 0.2) is 48.5 Å². The lowest BCUT2D eigenvalue weighted by molar-refractivity contribution is -0.116. The molecule has 0 atom stereocenters. The largest absolute Gasteiger partial charge is 0.493 e. The molecule has 0 aliphatic carbocycles. The molecule has 144 valence electrons. The fourth-order valence-electron chi connectivity index (χ4n) is 2.63. The summed E-state index contributed by atoms with van der Waals surface area (Å²) in [4.78, 5) is 26.4. The zero-order chi connectivity index (χ0) is 19.8. The number of ether oxygens (including phenoxy) is 1. The van der Waals surface area contributed by atoms with E-state index in [4.69, 9.17) is 4.74 Å². The SMILES string of the molecule is CCc1ccccc1NC(=O)CN(C)C(=O)c1cccc(OCC(C)C)c1. The quantitative estimate of drug-likeness (QED) is 0.766. The second-order valence-corrected chi connectivity index (χ2v) is 6.95. The molecule has 0 heterocycles. The average Bonchev–Trinajstić information content (AvgIpc) is 2.66. The Bertz CT molecular complexity index is 787. The summed E-state index contributed by atoms with van der Waals surface area (Å²) >= 11 is 0. The maximum absolute atomic E-state index is 12.6. The molecule has 0 saturated carbocycles. The van der Waals surface area contributed by atoms with Crippen LogP contribution in [-0.2, 0) is 11.2 Å². The number of rotatable bonds is 8. The number of aryl methyl sites for hydroxylation is 1. The molecule has 0 aromatic heterocycles. The molecule has 0 fully saturated rings. The predicted molar refractivity (Wildman–Crippen MR) is 108 cm³/mol. The van der Waals surface area contributed by atoms with Crippen LogP contribution < -0.4 is 10.1 Å².